The number of rotatable bonds is 3. The van der Waals surface area contributed by atoms with Gasteiger partial charge in [-0.1, -0.05) is 0 Å². The molecule has 14 heavy (non-hydrogen) atoms. The van der Waals surface area contributed by atoms with E-state index >= 15 is 0 Å². The molecule has 1 saturated heterocycles. The van der Waals surface area contributed by atoms with Gasteiger partial charge in [-0.15, -0.1) is 11.6 Å². The fourth-order valence-electron chi connectivity index (χ4n) is 1.63. The summed E-state index contributed by atoms with van der Waals surface area (Å²) in [6, 6.07) is 0. The van der Waals surface area contributed by atoms with Crippen molar-refractivity contribution in [3.8, 4) is 0 Å². The Hall–Kier alpha value is 0.160. The van der Waals surface area contributed by atoms with Crippen LogP contribution in [0.15, 0.2) is 0 Å². The average Bonchev–Trinajstić information content (AvgIpc) is 2.18. The fraction of sp³-hybridized carbons (Fsp3) is 1.00. The molecule has 0 bridgehead atoms. The lowest BCUT2D eigenvalue weighted by atomic mass is 9.96. The van der Waals surface area contributed by atoms with Crippen LogP contribution in [0.4, 0.5) is 0 Å². The molecular formula is C8H16ClNO3S. The normalized spacial score (nSPS) is 30.5. The maximum Gasteiger partial charge on any atom is 0.228 e. The number of hydrogen-bond acceptors (Lipinski definition) is 3. The van der Waals surface area contributed by atoms with E-state index in [4.69, 9.17) is 16.3 Å². The number of halogens is 1. The molecule has 0 spiro atoms. The molecule has 84 valence electrons. The van der Waals surface area contributed by atoms with E-state index < -0.39 is 10.0 Å². The zero-order valence-corrected chi connectivity index (χ0v) is 10.1. The van der Waals surface area contributed by atoms with E-state index in [9.17, 15) is 8.42 Å². The summed E-state index contributed by atoms with van der Waals surface area (Å²) in [5, 5.41) is -0.354. The highest BCUT2D eigenvalue weighted by Gasteiger charge is 2.35. The summed E-state index contributed by atoms with van der Waals surface area (Å²) in [6.07, 6.45) is 1.71. The van der Waals surface area contributed by atoms with Gasteiger partial charge in [0.25, 0.3) is 0 Å². The highest BCUT2D eigenvalue weighted by Crippen LogP contribution is 2.25. The van der Waals surface area contributed by atoms with Crippen LogP contribution >= 0.6 is 11.6 Å². The minimum atomic E-state index is -3.28. The molecule has 1 fully saturated rings. The first-order chi connectivity index (χ1) is 6.43. The number of nitrogens with zero attached hydrogens (tertiary/aromatic N) is 1. The molecule has 0 amide bonds. The van der Waals surface area contributed by atoms with Crippen LogP contribution < -0.4 is 0 Å². The molecule has 1 atom stereocenters. The van der Waals surface area contributed by atoms with Crippen LogP contribution in [0.1, 0.15) is 19.8 Å². The number of alkyl halides is 1. The highest BCUT2D eigenvalue weighted by atomic mass is 35.5. The van der Waals surface area contributed by atoms with Crippen molar-refractivity contribution in [1.82, 2.24) is 4.31 Å². The first-order valence-corrected chi connectivity index (χ1v) is 6.67. The smallest absolute Gasteiger partial charge is 0.228 e. The van der Waals surface area contributed by atoms with Crippen molar-refractivity contribution < 1.29 is 13.2 Å². The first-order valence-electron chi connectivity index (χ1n) is 4.52. The van der Waals surface area contributed by atoms with Crippen molar-refractivity contribution in [2.24, 2.45) is 0 Å². The molecule has 0 saturated carbocycles. The van der Waals surface area contributed by atoms with Gasteiger partial charge < -0.3 is 4.74 Å². The van der Waals surface area contributed by atoms with Gasteiger partial charge in [-0.2, -0.15) is 4.31 Å². The molecule has 4 nitrogen and oxygen atoms in total. The summed E-state index contributed by atoms with van der Waals surface area (Å²) in [7, 11) is -1.68. The van der Waals surface area contributed by atoms with Gasteiger partial charge in [0.1, 0.15) is 5.21 Å². The Morgan fingerprint density at radius 2 is 2.21 bits per heavy atom. The van der Waals surface area contributed by atoms with E-state index in [1.807, 2.05) is 6.92 Å². The van der Waals surface area contributed by atoms with Crippen LogP contribution in [0.3, 0.4) is 0 Å². The highest BCUT2D eigenvalue weighted by molar-refractivity contribution is 7.90. The zero-order valence-electron chi connectivity index (χ0n) is 8.49. The molecule has 1 heterocycles. The van der Waals surface area contributed by atoms with Crippen LogP contribution in [0.5, 0.6) is 0 Å². The third-order valence-corrected chi connectivity index (χ3v) is 4.85. The van der Waals surface area contributed by atoms with E-state index in [2.05, 4.69) is 0 Å². The number of sulfonamides is 1. The topological polar surface area (TPSA) is 46.6 Å². The van der Waals surface area contributed by atoms with E-state index in [1.54, 1.807) is 7.11 Å². The van der Waals surface area contributed by atoms with Gasteiger partial charge >= 0.3 is 0 Å². The van der Waals surface area contributed by atoms with E-state index in [1.165, 1.54) is 4.31 Å². The summed E-state index contributed by atoms with van der Waals surface area (Å²) >= 11 is 5.39. The van der Waals surface area contributed by atoms with Gasteiger partial charge in [0.15, 0.2) is 0 Å². The third kappa shape index (κ3) is 2.59. The summed E-state index contributed by atoms with van der Waals surface area (Å²) in [5.74, 6) is 0. The minimum Gasteiger partial charge on any atom is -0.377 e. The molecule has 1 rings (SSSR count). The minimum absolute atomic E-state index is 0.354. The van der Waals surface area contributed by atoms with Gasteiger partial charge in [-0.05, 0) is 19.8 Å². The van der Waals surface area contributed by atoms with E-state index in [0.717, 1.165) is 12.8 Å². The Bertz CT molecular complexity index is 293. The van der Waals surface area contributed by atoms with Crippen molar-refractivity contribution in [2.45, 2.75) is 25.4 Å². The van der Waals surface area contributed by atoms with E-state index in [0.29, 0.717) is 13.1 Å². The lowest BCUT2D eigenvalue weighted by Crippen LogP contribution is -2.49. The van der Waals surface area contributed by atoms with Crippen molar-refractivity contribution in [3.05, 3.63) is 0 Å². The van der Waals surface area contributed by atoms with Crippen LogP contribution in [0, 0.1) is 0 Å². The molecule has 1 aliphatic heterocycles. The Morgan fingerprint density at radius 1 is 1.57 bits per heavy atom. The maximum absolute atomic E-state index is 11.5. The molecule has 1 unspecified atom stereocenters. The molecular weight excluding hydrogens is 226 g/mol. The predicted octanol–water partition coefficient (Wildman–Crippen LogP) is 1.01. The monoisotopic (exact) mass is 241 g/mol. The molecule has 0 radical (unpaired) electrons. The van der Waals surface area contributed by atoms with Gasteiger partial charge in [0.2, 0.25) is 10.0 Å². The number of piperidine rings is 1. The molecule has 0 N–H and O–H groups in total. The molecule has 6 heteroatoms. The summed E-state index contributed by atoms with van der Waals surface area (Å²) in [5.41, 5.74) is -0.364. The number of hydrogen-bond donors (Lipinski definition) is 0. The Morgan fingerprint density at radius 3 is 2.71 bits per heavy atom. The third-order valence-electron chi connectivity index (χ3n) is 2.65. The Labute approximate surface area is 90.2 Å². The average molecular weight is 242 g/mol. The molecule has 0 aromatic heterocycles. The van der Waals surface area contributed by atoms with Gasteiger partial charge in [-0.25, -0.2) is 8.42 Å². The lowest BCUT2D eigenvalue weighted by Gasteiger charge is -2.38. The largest absolute Gasteiger partial charge is 0.377 e. The second-order valence-electron chi connectivity index (χ2n) is 3.81. The second kappa shape index (κ2) is 4.35. The molecule has 0 aliphatic carbocycles. The first kappa shape index (κ1) is 12.2. The van der Waals surface area contributed by atoms with Crippen LogP contribution in [-0.4, -0.2) is 43.7 Å². The van der Waals surface area contributed by atoms with Crippen LogP contribution in [0.2, 0.25) is 0 Å². The zero-order chi connectivity index (χ0) is 10.8. The predicted molar refractivity (Wildman–Crippen MR) is 55.9 cm³/mol. The van der Waals surface area contributed by atoms with Crippen molar-refractivity contribution in [1.29, 1.82) is 0 Å². The molecule has 0 aromatic carbocycles. The van der Waals surface area contributed by atoms with Crippen molar-refractivity contribution in [2.75, 3.05) is 25.4 Å². The second-order valence-corrected chi connectivity index (χ2v) is 6.37. The van der Waals surface area contributed by atoms with Crippen LogP contribution in [-0.2, 0) is 14.8 Å². The van der Waals surface area contributed by atoms with Gasteiger partial charge in [-0.3, -0.25) is 0 Å². The standard InChI is InChI=1S/C8H16ClNO3S/c1-8(13-2)4-3-5-10(6-8)14(11,12)7-9/h3-7H2,1-2H3. The molecule has 0 aromatic rings. The van der Waals surface area contributed by atoms with Crippen LogP contribution in [0.25, 0.3) is 0 Å². The molecule has 1 aliphatic rings. The number of methoxy groups -OCH3 is 1. The summed E-state index contributed by atoms with van der Waals surface area (Å²) in [4.78, 5) is 0. The number of ether oxygens (including phenoxy) is 1. The Kier molecular flexibility index (Phi) is 3.80. The van der Waals surface area contributed by atoms with Crippen molar-refractivity contribution in [3.63, 3.8) is 0 Å². The van der Waals surface area contributed by atoms with Crippen molar-refractivity contribution >= 4 is 21.6 Å². The van der Waals surface area contributed by atoms with E-state index in [-0.39, 0.29) is 10.8 Å². The maximum atomic E-state index is 11.5. The summed E-state index contributed by atoms with van der Waals surface area (Å²) < 4.78 is 29.7. The SMILES string of the molecule is COC1(C)CCCN(S(=O)(=O)CCl)C1. The Balaban J connectivity index is 2.75. The fourth-order valence-corrected chi connectivity index (χ4v) is 3.06. The van der Waals surface area contributed by atoms with Gasteiger partial charge in [0.05, 0.1) is 5.60 Å². The summed E-state index contributed by atoms with van der Waals surface area (Å²) in [6.45, 7) is 2.87. The lowest BCUT2D eigenvalue weighted by molar-refractivity contribution is -0.0318. The van der Waals surface area contributed by atoms with Gasteiger partial charge in [0, 0.05) is 20.2 Å². The quantitative estimate of drug-likeness (QED) is 0.693.